The molecular formula is C16H18N2OS2. The predicted octanol–water partition coefficient (Wildman–Crippen LogP) is 4.24. The van der Waals surface area contributed by atoms with Gasteiger partial charge in [-0.15, -0.1) is 23.1 Å². The molecule has 0 radical (unpaired) electrons. The molecule has 0 fully saturated rings. The summed E-state index contributed by atoms with van der Waals surface area (Å²) in [6.07, 6.45) is 5.34. The molecule has 1 aromatic heterocycles. The number of aryl methyl sites for hydroxylation is 1. The lowest BCUT2D eigenvalue weighted by atomic mass is 9.93. The number of aromatic nitrogens is 1. The van der Waals surface area contributed by atoms with Gasteiger partial charge < -0.3 is 0 Å². The van der Waals surface area contributed by atoms with Gasteiger partial charge in [0.1, 0.15) is 0 Å². The predicted molar refractivity (Wildman–Crippen MR) is 89.5 cm³/mol. The maximum atomic E-state index is 12.2. The van der Waals surface area contributed by atoms with Gasteiger partial charge in [0.15, 0.2) is 5.13 Å². The molecule has 3 nitrogen and oxygen atoms in total. The van der Waals surface area contributed by atoms with Crippen molar-refractivity contribution in [2.45, 2.75) is 31.1 Å². The fourth-order valence-electron chi connectivity index (χ4n) is 2.50. The van der Waals surface area contributed by atoms with Crippen LogP contribution in [-0.4, -0.2) is 17.1 Å². The van der Waals surface area contributed by atoms with E-state index in [1.807, 2.05) is 30.5 Å². The van der Waals surface area contributed by atoms with Crippen molar-refractivity contribution in [3.05, 3.63) is 40.4 Å². The number of thioether (sulfide) groups is 1. The summed E-state index contributed by atoms with van der Waals surface area (Å²) in [5.74, 6) is 0.641. The Morgan fingerprint density at radius 2 is 2.14 bits per heavy atom. The monoisotopic (exact) mass is 318 g/mol. The Kier molecular flexibility index (Phi) is 4.31. The van der Waals surface area contributed by atoms with Crippen LogP contribution < -0.4 is 5.32 Å². The van der Waals surface area contributed by atoms with Crippen molar-refractivity contribution in [3.8, 4) is 0 Å². The van der Waals surface area contributed by atoms with Crippen LogP contribution in [-0.2, 0) is 12.8 Å². The van der Waals surface area contributed by atoms with E-state index in [0.717, 1.165) is 28.8 Å². The van der Waals surface area contributed by atoms with Gasteiger partial charge in [0, 0.05) is 15.3 Å². The molecule has 1 heterocycles. The first-order valence-electron chi connectivity index (χ1n) is 7.09. The smallest absolute Gasteiger partial charge is 0.257 e. The number of rotatable bonds is 3. The second kappa shape index (κ2) is 6.20. The second-order valence-electron chi connectivity index (χ2n) is 5.42. The molecule has 110 valence electrons. The van der Waals surface area contributed by atoms with Crippen LogP contribution in [0.5, 0.6) is 0 Å². The Morgan fingerprint density at radius 1 is 1.38 bits per heavy atom. The maximum Gasteiger partial charge on any atom is 0.257 e. The molecule has 0 bridgehead atoms. The van der Waals surface area contributed by atoms with E-state index in [1.165, 1.54) is 17.0 Å². The van der Waals surface area contributed by atoms with E-state index in [1.54, 1.807) is 23.1 Å². The molecule has 2 aromatic rings. The first kappa shape index (κ1) is 14.6. The highest BCUT2D eigenvalue weighted by Crippen LogP contribution is 2.32. The standard InChI is InChI=1S/C16H18N2OS2/c1-10-3-8-13-14(9-10)21-16(17-13)18-15(19)11-4-6-12(20-2)7-5-11/h4-7,10H,3,8-9H2,1-2H3,(H,17,18,19)/t10-/m0/s1. The largest absolute Gasteiger partial charge is 0.298 e. The molecule has 0 saturated heterocycles. The Labute approximate surface area is 133 Å². The SMILES string of the molecule is CSc1ccc(C(=O)Nc2nc3c(s2)C[C@@H](C)CC3)cc1. The van der Waals surface area contributed by atoms with E-state index >= 15 is 0 Å². The average molecular weight is 318 g/mol. The number of anilines is 1. The lowest BCUT2D eigenvalue weighted by Gasteiger charge is -2.15. The molecular weight excluding hydrogens is 300 g/mol. The zero-order valence-electron chi connectivity index (χ0n) is 12.2. The molecule has 0 aliphatic heterocycles. The van der Waals surface area contributed by atoms with Crippen molar-refractivity contribution in [3.63, 3.8) is 0 Å². The average Bonchev–Trinajstić information content (AvgIpc) is 2.88. The van der Waals surface area contributed by atoms with E-state index in [9.17, 15) is 4.79 Å². The number of fused-ring (bicyclic) bond motifs is 1. The van der Waals surface area contributed by atoms with Crippen molar-refractivity contribution >= 4 is 34.1 Å². The zero-order valence-corrected chi connectivity index (χ0v) is 13.8. The third-order valence-electron chi connectivity index (χ3n) is 3.76. The third-order valence-corrected chi connectivity index (χ3v) is 5.54. The molecule has 21 heavy (non-hydrogen) atoms. The van der Waals surface area contributed by atoms with Gasteiger partial charge in [-0.2, -0.15) is 0 Å². The Hall–Kier alpha value is -1.33. The quantitative estimate of drug-likeness (QED) is 0.861. The molecule has 1 aliphatic rings. The normalized spacial score (nSPS) is 17.3. The number of carbonyl (C=O) groups excluding carboxylic acids is 1. The van der Waals surface area contributed by atoms with Crippen molar-refractivity contribution in [1.29, 1.82) is 0 Å². The summed E-state index contributed by atoms with van der Waals surface area (Å²) >= 11 is 3.29. The van der Waals surface area contributed by atoms with Gasteiger partial charge >= 0.3 is 0 Å². The van der Waals surface area contributed by atoms with Crippen molar-refractivity contribution in [2.75, 3.05) is 11.6 Å². The van der Waals surface area contributed by atoms with Gasteiger partial charge in [0.25, 0.3) is 5.91 Å². The second-order valence-corrected chi connectivity index (χ2v) is 7.38. The number of nitrogens with zero attached hydrogens (tertiary/aromatic N) is 1. The molecule has 0 unspecified atom stereocenters. The molecule has 1 aliphatic carbocycles. The van der Waals surface area contributed by atoms with Gasteiger partial charge in [-0.25, -0.2) is 4.98 Å². The summed E-state index contributed by atoms with van der Waals surface area (Å²) in [4.78, 5) is 19.3. The number of hydrogen-bond donors (Lipinski definition) is 1. The van der Waals surface area contributed by atoms with Crippen LogP contribution >= 0.6 is 23.1 Å². The van der Waals surface area contributed by atoms with Crippen LogP contribution in [0.4, 0.5) is 5.13 Å². The van der Waals surface area contributed by atoms with Crippen molar-refractivity contribution in [2.24, 2.45) is 5.92 Å². The number of carbonyl (C=O) groups is 1. The number of amides is 1. The first-order chi connectivity index (χ1) is 10.2. The van der Waals surface area contributed by atoms with Crippen LogP contribution in [0, 0.1) is 5.92 Å². The molecule has 1 aromatic carbocycles. The van der Waals surface area contributed by atoms with E-state index in [4.69, 9.17) is 0 Å². The van der Waals surface area contributed by atoms with Gasteiger partial charge in [0.05, 0.1) is 5.69 Å². The molecule has 0 saturated carbocycles. The molecule has 0 spiro atoms. The van der Waals surface area contributed by atoms with E-state index in [0.29, 0.717) is 5.56 Å². The lowest BCUT2D eigenvalue weighted by Crippen LogP contribution is -2.11. The lowest BCUT2D eigenvalue weighted by molar-refractivity contribution is 0.102. The van der Waals surface area contributed by atoms with Crippen molar-refractivity contribution < 1.29 is 4.79 Å². The van der Waals surface area contributed by atoms with E-state index in [-0.39, 0.29) is 5.91 Å². The number of nitrogens with one attached hydrogen (secondary N) is 1. The Morgan fingerprint density at radius 3 is 2.86 bits per heavy atom. The molecule has 5 heteroatoms. The Balaban J connectivity index is 1.72. The summed E-state index contributed by atoms with van der Waals surface area (Å²) in [5.41, 5.74) is 1.85. The molecule has 3 rings (SSSR count). The first-order valence-corrected chi connectivity index (χ1v) is 9.14. The number of benzene rings is 1. The minimum absolute atomic E-state index is 0.0817. The minimum Gasteiger partial charge on any atom is -0.298 e. The van der Waals surface area contributed by atoms with Gasteiger partial charge in [0.2, 0.25) is 0 Å². The fraction of sp³-hybridized carbons (Fsp3) is 0.375. The molecule has 1 N–H and O–H groups in total. The van der Waals surface area contributed by atoms with Crippen LogP contribution in [0.25, 0.3) is 0 Å². The van der Waals surface area contributed by atoms with Crippen molar-refractivity contribution in [1.82, 2.24) is 4.98 Å². The zero-order chi connectivity index (χ0) is 14.8. The fourth-order valence-corrected chi connectivity index (χ4v) is 4.08. The van der Waals surface area contributed by atoms with E-state index in [2.05, 4.69) is 17.2 Å². The summed E-state index contributed by atoms with van der Waals surface area (Å²) in [5, 5.41) is 3.66. The third kappa shape index (κ3) is 3.30. The highest BCUT2D eigenvalue weighted by atomic mass is 32.2. The summed E-state index contributed by atoms with van der Waals surface area (Å²) in [7, 11) is 0. The minimum atomic E-state index is -0.0817. The number of hydrogen-bond acceptors (Lipinski definition) is 4. The highest BCUT2D eigenvalue weighted by Gasteiger charge is 2.20. The van der Waals surface area contributed by atoms with Crippen LogP contribution in [0.15, 0.2) is 29.2 Å². The van der Waals surface area contributed by atoms with Gasteiger partial charge in [-0.3, -0.25) is 10.1 Å². The van der Waals surface area contributed by atoms with Gasteiger partial charge in [-0.1, -0.05) is 6.92 Å². The summed E-state index contributed by atoms with van der Waals surface area (Å²) in [6.45, 7) is 2.27. The van der Waals surface area contributed by atoms with Gasteiger partial charge in [-0.05, 0) is 55.7 Å². The summed E-state index contributed by atoms with van der Waals surface area (Å²) in [6, 6.07) is 7.65. The molecule has 1 amide bonds. The number of thiazole rings is 1. The molecule has 1 atom stereocenters. The maximum absolute atomic E-state index is 12.2. The van der Waals surface area contributed by atoms with Crippen LogP contribution in [0.3, 0.4) is 0 Å². The van der Waals surface area contributed by atoms with Crippen LogP contribution in [0.1, 0.15) is 34.3 Å². The topological polar surface area (TPSA) is 42.0 Å². The summed E-state index contributed by atoms with van der Waals surface area (Å²) < 4.78 is 0. The Bertz CT molecular complexity index is 649. The highest BCUT2D eigenvalue weighted by molar-refractivity contribution is 7.98. The van der Waals surface area contributed by atoms with Crippen LogP contribution in [0.2, 0.25) is 0 Å². The van der Waals surface area contributed by atoms with E-state index < -0.39 is 0 Å².